The van der Waals surface area contributed by atoms with E-state index in [0.717, 1.165) is 19.6 Å². The summed E-state index contributed by atoms with van der Waals surface area (Å²) in [7, 11) is 4.24. The monoisotopic (exact) mass is 272 g/mol. The Bertz CT molecular complexity index is 172. The fraction of sp³-hybridized carbons (Fsp3) is 1.00. The molecule has 0 radical (unpaired) electrons. The maximum atomic E-state index is 5.48. The lowest BCUT2D eigenvalue weighted by Crippen LogP contribution is -2.37. The van der Waals surface area contributed by atoms with Crippen LogP contribution >= 0.6 is 0 Å². The number of unbranched alkanes of at least 4 members (excludes halogenated alkanes) is 5. The van der Waals surface area contributed by atoms with Crippen LogP contribution in [0.1, 0.15) is 51.9 Å². The largest absolute Gasteiger partial charge is 0.330 e. The average molecular weight is 272 g/mol. The zero-order chi connectivity index (χ0) is 14.3. The molecule has 0 aliphatic carbocycles. The number of hydrazine groups is 1. The van der Waals surface area contributed by atoms with Crippen molar-refractivity contribution in [1.82, 2.24) is 15.3 Å². The molecule has 0 unspecified atom stereocenters. The van der Waals surface area contributed by atoms with Crippen LogP contribution < -0.4 is 11.2 Å². The van der Waals surface area contributed by atoms with Crippen molar-refractivity contribution >= 4 is 0 Å². The van der Waals surface area contributed by atoms with Crippen molar-refractivity contribution in [1.29, 1.82) is 0 Å². The maximum Gasteiger partial charge on any atom is 0.0142 e. The van der Waals surface area contributed by atoms with E-state index < -0.39 is 0 Å². The van der Waals surface area contributed by atoms with Gasteiger partial charge < -0.3 is 10.6 Å². The molecule has 4 heteroatoms. The normalized spacial score (nSPS) is 11.7. The van der Waals surface area contributed by atoms with Crippen LogP contribution in [0.4, 0.5) is 0 Å². The molecule has 19 heavy (non-hydrogen) atoms. The minimum atomic E-state index is 0.851. The van der Waals surface area contributed by atoms with Gasteiger partial charge in [-0.1, -0.05) is 32.6 Å². The molecule has 0 aliphatic rings. The third-order valence-corrected chi connectivity index (χ3v) is 3.66. The first-order valence-corrected chi connectivity index (χ1v) is 8.05. The highest BCUT2D eigenvalue weighted by atomic mass is 15.5. The van der Waals surface area contributed by atoms with Crippen molar-refractivity contribution < 1.29 is 0 Å². The first-order chi connectivity index (χ1) is 9.24. The van der Waals surface area contributed by atoms with E-state index in [2.05, 4.69) is 29.3 Å². The molecule has 0 saturated heterocycles. The van der Waals surface area contributed by atoms with Gasteiger partial charge in [-0.05, 0) is 53.0 Å². The summed E-state index contributed by atoms with van der Waals surface area (Å²) in [5.74, 6) is 0. The molecule has 0 aliphatic heterocycles. The summed E-state index contributed by atoms with van der Waals surface area (Å²) in [5, 5.41) is 2.26. The molecule has 0 aromatic rings. The first-order valence-electron chi connectivity index (χ1n) is 8.05. The molecule has 4 nitrogen and oxygen atoms in total. The smallest absolute Gasteiger partial charge is 0.0142 e. The predicted octanol–water partition coefficient (Wildman–Crippen LogP) is 2.06. The number of rotatable bonds is 14. The first kappa shape index (κ1) is 18.8. The van der Waals surface area contributed by atoms with Crippen LogP contribution in [0.2, 0.25) is 0 Å². The summed E-state index contributed by atoms with van der Waals surface area (Å²) in [6, 6.07) is 0. The fourth-order valence-corrected chi connectivity index (χ4v) is 2.30. The van der Waals surface area contributed by atoms with Crippen molar-refractivity contribution in [2.45, 2.75) is 51.9 Å². The van der Waals surface area contributed by atoms with Crippen LogP contribution in [0.3, 0.4) is 0 Å². The molecule has 0 aromatic heterocycles. The van der Waals surface area contributed by atoms with Gasteiger partial charge in [0.2, 0.25) is 0 Å². The second kappa shape index (κ2) is 14.3. The quantitative estimate of drug-likeness (QED) is 0.375. The minimum Gasteiger partial charge on any atom is -0.330 e. The molecule has 0 heterocycles. The Labute approximate surface area is 120 Å². The van der Waals surface area contributed by atoms with Gasteiger partial charge >= 0.3 is 0 Å². The lowest BCUT2D eigenvalue weighted by atomic mass is 10.1. The minimum absolute atomic E-state index is 0.851. The lowest BCUT2D eigenvalue weighted by molar-refractivity contribution is 0.201. The van der Waals surface area contributed by atoms with Gasteiger partial charge in [0.05, 0.1) is 0 Å². The molecule has 0 saturated carbocycles. The Hall–Kier alpha value is -0.160. The van der Waals surface area contributed by atoms with Gasteiger partial charge in [0.1, 0.15) is 0 Å². The van der Waals surface area contributed by atoms with Crippen LogP contribution in [0, 0.1) is 0 Å². The fourth-order valence-electron chi connectivity index (χ4n) is 2.30. The highest BCUT2D eigenvalue weighted by Crippen LogP contribution is 2.05. The molecule has 0 spiro atoms. The zero-order valence-corrected chi connectivity index (χ0v) is 13.5. The van der Waals surface area contributed by atoms with Crippen LogP contribution in [0.25, 0.3) is 0 Å². The molecular weight excluding hydrogens is 236 g/mol. The van der Waals surface area contributed by atoms with Crippen LogP contribution in [-0.2, 0) is 0 Å². The van der Waals surface area contributed by atoms with Gasteiger partial charge in [-0.3, -0.25) is 5.43 Å². The maximum absolute atomic E-state index is 5.48. The van der Waals surface area contributed by atoms with Crippen LogP contribution in [0.5, 0.6) is 0 Å². The Kier molecular flexibility index (Phi) is 14.1. The summed E-state index contributed by atoms with van der Waals surface area (Å²) < 4.78 is 0. The third kappa shape index (κ3) is 12.6. The van der Waals surface area contributed by atoms with Gasteiger partial charge in [0.25, 0.3) is 0 Å². The second-order valence-electron chi connectivity index (χ2n) is 5.37. The highest BCUT2D eigenvalue weighted by Gasteiger charge is 2.01. The van der Waals surface area contributed by atoms with Crippen LogP contribution in [0.15, 0.2) is 0 Å². The van der Waals surface area contributed by atoms with E-state index in [1.165, 1.54) is 58.0 Å². The Balaban J connectivity index is 3.27. The van der Waals surface area contributed by atoms with E-state index in [1.54, 1.807) is 0 Å². The second-order valence-corrected chi connectivity index (χ2v) is 5.37. The third-order valence-electron chi connectivity index (χ3n) is 3.66. The number of hydrogen-bond donors (Lipinski definition) is 2. The molecular formula is C15H36N4. The number of nitrogens with two attached hydrogens (primary N) is 1. The van der Waals surface area contributed by atoms with Gasteiger partial charge in [-0.15, -0.1) is 0 Å². The molecule has 0 amide bonds. The highest BCUT2D eigenvalue weighted by molar-refractivity contribution is 4.56. The number of nitrogens with one attached hydrogen (secondary N) is 1. The van der Waals surface area contributed by atoms with Crippen molar-refractivity contribution in [2.24, 2.45) is 5.73 Å². The molecule has 0 fully saturated rings. The summed E-state index contributed by atoms with van der Waals surface area (Å²) in [6.07, 6.45) is 9.17. The van der Waals surface area contributed by atoms with E-state index in [9.17, 15) is 0 Å². The summed E-state index contributed by atoms with van der Waals surface area (Å²) in [4.78, 5) is 2.46. The van der Waals surface area contributed by atoms with E-state index in [0.29, 0.717) is 0 Å². The SMILES string of the molecule is CCN(CCCN(C)CCCCCCCCN)NC. The summed E-state index contributed by atoms with van der Waals surface area (Å²) >= 11 is 0. The Morgan fingerprint density at radius 2 is 1.42 bits per heavy atom. The summed E-state index contributed by atoms with van der Waals surface area (Å²) in [6.45, 7) is 7.68. The molecule has 0 aromatic carbocycles. The molecule has 116 valence electrons. The summed E-state index contributed by atoms with van der Waals surface area (Å²) in [5.41, 5.74) is 8.69. The topological polar surface area (TPSA) is 44.5 Å². The van der Waals surface area contributed by atoms with Crippen LogP contribution in [-0.4, -0.2) is 56.7 Å². The zero-order valence-electron chi connectivity index (χ0n) is 13.5. The van der Waals surface area contributed by atoms with Gasteiger partial charge in [0, 0.05) is 13.1 Å². The molecule has 3 N–H and O–H groups in total. The van der Waals surface area contributed by atoms with Crippen molar-refractivity contribution in [3.63, 3.8) is 0 Å². The standard InChI is InChI=1S/C15H36N4/c1-4-19(17-2)15-11-14-18(3)13-10-8-6-5-7-9-12-16/h17H,4-16H2,1-3H3. The average Bonchev–Trinajstić information content (AvgIpc) is 2.42. The van der Waals surface area contributed by atoms with Crippen molar-refractivity contribution in [3.8, 4) is 0 Å². The molecule has 0 rings (SSSR count). The van der Waals surface area contributed by atoms with Gasteiger partial charge in [-0.2, -0.15) is 0 Å². The Morgan fingerprint density at radius 3 is 2.00 bits per heavy atom. The Morgan fingerprint density at radius 1 is 0.842 bits per heavy atom. The number of nitrogens with zero attached hydrogens (tertiary/aromatic N) is 2. The van der Waals surface area contributed by atoms with E-state index >= 15 is 0 Å². The van der Waals surface area contributed by atoms with Crippen molar-refractivity contribution in [3.05, 3.63) is 0 Å². The van der Waals surface area contributed by atoms with Crippen molar-refractivity contribution in [2.75, 3.05) is 46.8 Å². The van der Waals surface area contributed by atoms with Gasteiger partial charge in [-0.25, -0.2) is 5.01 Å². The molecule has 0 bridgehead atoms. The van der Waals surface area contributed by atoms with E-state index in [1.807, 2.05) is 7.05 Å². The van der Waals surface area contributed by atoms with Gasteiger partial charge in [0.15, 0.2) is 0 Å². The molecule has 0 atom stereocenters. The number of hydrogen-bond acceptors (Lipinski definition) is 4. The van der Waals surface area contributed by atoms with E-state index in [-0.39, 0.29) is 0 Å². The predicted molar refractivity (Wildman–Crippen MR) is 85.2 cm³/mol. The lowest BCUT2D eigenvalue weighted by Gasteiger charge is -2.21. The van der Waals surface area contributed by atoms with E-state index in [4.69, 9.17) is 5.73 Å².